The van der Waals surface area contributed by atoms with E-state index in [2.05, 4.69) is 33.6 Å². The molecular weight excluding hydrogens is 352 g/mol. The fraction of sp³-hybridized carbons (Fsp3) is 0.273. The molecule has 0 aliphatic heterocycles. The van der Waals surface area contributed by atoms with Crippen LogP contribution in [0.4, 0.5) is 17.3 Å². The average molecular weight is 378 g/mol. The van der Waals surface area contributed by atoms with Crippen molar-refractivity contribution >= 4 is 17.3 Å². The Kier molecular flexibility index (Phi) is 6.32. The molecule has 2 aromatic carbocycles. The number of rotatable bonds is 8. The summed E-state index contributed by atoms with van der Waals surface area (Å²) >= 11 is 0. The van der Waals surface area contributed by atoms with Gasteiger partial charge in [0, 0.05) is 18.3 Å². The van der Waals surface area contributed by atoms with Crippen LogP contribution in [0.5, 0.6) is 11.5 Å². The molecule has 28 heavy (non-hydrogen) atoms. The fourth-order valence-corrected chi connectivity index (χ4v) is 2.94. The summed E-state index contributed by atoms with van der Waals surface area (Å²) < 4.78 is 10.6. The van der Waals surface area contributed by atoms with E-state index >= 15 is 0 Å². The second kappa shape index (κ2) is 9.08. The normalized spacial score (nSPS) is 10.4. The zero-order valence-electron chi connectivity index (χ0n) is 16.7. The first-order chi connectivity index (χ1) is 13.6. The Bertz CT molecular complexity index is 944. The lowest BCUT2D eigenvalue weighted by atomic mass is 10.1. The van der Waals surface area contributed by atoms with Gasteiger partial charge in [-0.3, -0.25) is 0 Å². The number of ether oxygens (including phenoxy) is 2. The third-order valence-corrected chi connectivity index (χ3v) is 4.41. The molecule has 0 amide bonds. The minimum absolute atomic E-state index is 0.715. The first-order valence-corrected chi connectivity index (χ1v) is 9.22. The molecule has 1 aromatic heterocycles. The third-order valence-electron chi connectivity index (χ3n) is 4.41. The van der Waals surface area contributed by atoms with Gasteiger partial charge in [0.05, 0.1) is 14.2 Å². The Balaban J connectivity index is 1.65. The molecule has 0 radical (unpaired) electrons. The predicted octanol–water partition coefficient (Wildman–Crippen LogP) is 4.51. The molecule has 6 nitrogen and oxygen atoms in total. The largest absolute Gasteiger partial charge is 0.493 e. The van der Waals surface area contributed by atoms with Crippen molar-refractivity contribution in [1.82, 2.24) is 9.97 Å². The van der Waals surface area contributed by atoms with E-state index in [9.17, 15) is 0 Å². The Hall–Kier alpha value is -3.28. The molecule has 0 saturated heterocycles. The van der Waals surface area contributed by atoms with E-state index in [1.807, 2.05) is 49.4 Å². The van der Waals surface area contributed by atoms with Gasteiger partial charge in [-0.2, -0.15) is 0 Å². The van der Waals surface area contributed by atoms with Crippen molar-refractivity contribution in [3.63, 3.8) is 0 Å². The number of para-hydroxylation sites is 1. The number of aromatic nitrogens is 2. The molecule has 3 rings (SSSR count). The molecule has 146 valence electrons. The molecule has 1 heterocycles. The summed E-state index contributed by atoms with van der Waals surface area (Å²) in [5, 5.41) is 6.75. The highest BCUT2D eigenvalue weighted by Crippen LogP contribution is 2.27. The number of aryl methyl sites for hydroxylation is 2. The number of hydrogen-bond acceptors (Lipinski definition) is 6. The van der Waals surface area contributed by atoms with Gasteiger partial charge >= 0.3 is 0 Å². The molecule has 0 aliphatic carbocycles. The summed E-state index contributed by atoms with van der Waals surface area (Å²) in [6.45, 7) is 4.71. The van der Waals surface area contributed by atoms with Gasteiger partial charge in [-0.25, -0.2) is 9.97 Å². The van der Waals surface area contributed by atoms with Crippen LogP contribution in [0.2, 0.25) is 0 Å². The molecule has 0 aliphatic rings. The zero-order valence-corrected chi connectivity index (χ0v) is 16.7. The summed E-state index contributed by atoms with van der Waals surface area (Å²) in [7, 11) is 3.28. The topological polar surface area (TPSA) is 68.3 Å². The summed E-state index contributed by atoms with van der Waals surface area (Å²) in [4.78, 5) is 8.97. The molecule has 3 aromatic rings. The standard InChI is InChI=1S/C22H26N4O2/c1-15-7-5-6-8-18(15)26-22-14-21(24-16(2)25-22)23-12-11-17-9-10-19(27-3)20(13-17)28-4/h5-10,13-14H,11-12H2,1-4H3,(H2,23,24,25,26). The summed E-state index contributed by atoms with van der Waals surface area (Å²) in [6.07, 6.45) is 0.837. The van der Waals surface area contributed by atoms with Crippen molar-refractivity contribution in [3.8, 4) is 11.5 Å². The van der Waals surface area contributed by atoms with E-state index in [0.717, 1.165) is 47.4 Å². The van der Waals surface area contributed by atoms with E-state index in [4.69, 9.17) is 9.47 Å². The van der Waals surface area contributed by atoms with Gasteiger partial charge in [-0.15, -0.1) is 0 Å². The van der Waals surface area contributed by atoms with Gasteiger partial charge in [-0.05, 0) is 49.6 Å². The first kappa shape index (κ1) is 19.5. The molecule has 0 unspecified atom stereocenters. The van der Waals surface area contributed by atoms with E-state index in [1.54, 1.807) is 14.2 Å². The van der Waals surface area contributed by atoms with E-state index in [0.29, 0.717) is 5.82 Å². The maximum Gasteiger partial charge on any atom is 0.160 e. The number of methoxy groups -OCH3 is 2. The number of anilines is 3. The zero-order chi connectivity index (χ0) is 19.9. The SMILES string of the molecule is COc1ccc(CCNc2cc(Nc3ccccc3C)nc(C)n2)cc1OC. The Morgan fingerprint density at radius 2 is 1.61 bits per heavy atom. The van der Waals surface area contributed by atoms with Crippen LogP contribution >= 0.6 is 0 Å². The number of nitrogens with zero attached hydrogens (tertiary/aromatic N) is 2. The van der Waals surface area contributed by atoms with Gasteiger partial charge in [0.1, 0.15) is 17.5 Å². The first-order valence-electron chi connectivity index (χ1n) is 9.22. The Morgan fingerprint density at radius 1 is 0.857 bits per heavy atom. The van der Waals surface area contributed by atoms with Crippen LogP contribution in [0.15, 0.2) is 48.5 Å². The highest BCUT2D eigenvalue weighted by atomic mass is 16.5. The van der Waals surface area contributed by atoms with Crippen LogP contribution in [0.3, 0.4) is 0 Å². The van der Waals surface area contributed by atoms with Crippen LogP contribution in [-0.2, 0) is 6.42 Å². The molecule has 6 heteroatoms. The quantitative estimate of drug-likeness (QED) is 0.601. The summed E-state index contributed by atoms with van der Waals surface area (Å²) in [5.41, 5.74) is 3.37. The molecule has 0 spiro atoms. The number of benzene rings is 2. The predicted molar refractivity (Wildman–Crippen MR) is 113 cm³/mol. The average Bonchev–Trinajstić information content (AvgIpc) is 2.69. The summed E-state index contributed by atoms with van der Waals surface area (Å²) in [6, 6.07) is 16.0. The number of hydrogen-bond donors (Lipinski definition) is 2. The molecular formula is C22H26N4O2. The van der Waals surface area contributed by atoms with Crippen LogP contribution < -0.4 is 20.1 Å². The highest BCUT2D eigenvalue weighted by Gasteiger charge is 2.06. The van der Waals surface area contributed by atoms with Crippen LogP contribution in [0, 0.1) is 13.8 Å². The van der Waals surface area contributed by atoms with Gasteiger partial charge in [0.15, 0.2) is 11.5 Å². The lowest BCUT2D eigenvalue weighted by Crippen LogP contribution is -2.08. The second-order valence-electron chi connectivity index (χ2n) is 6.49. The van der Waals surface area contributed by atoms with Crippen LogP contribution in [0.25, 0.3) is 0 Å². The number of nitrogens with one attached hydrogen (secondary N) is 2. The maximum absolute atomic E-state index is 5.36. The van der Waals surface area contributed by atoms with Crippen molar-refractivity contribution < 1.29 is 9.47 Å². The van der Waals surface area contributed by atoms with Gasteiger partial charge < -0.3 is 20.1 Å². The van der Waals surface area contributed by atoms with Crippen LogP contribution in [-0.4, -0.2) is 30.7 Å². The fourth-order valence-electron chi connectivity index (χ4n) is 2.94. The van der Waals surface area contributed by atoms with E-state index < -0.39 is 0 Å². The van der Waals surface area contributed by atoms with E-state index in [1.165, 1.54) is 5.56 Å². The van der Waals surface area contributed by atoms with Gasteiger partial charge in [-0.1, -0.05) is 24.3 Å². The maximum atomic E-state index is 5.36. The van der Waals surface area contributed by atoms with Crippen molar-refractivity contribution in [2.45, 2.75) is 20.3 Å². The lowest BCUT2D eigenvalue weighted by molar-refractivity contribution is 0.354. The summed E-state index contributed by atoms with van der Waals surface area (Å²) in [5.74, 6) is 3.76. The third kappa shape index (κ3) is 4.91. The minimum atomic E-state index is 0.715. The van der Waals surface area contributed by atoms with Crippen molar-refractivity contribution in [3.05, 3.63) is 65.5 Å². The molecule has 0 fully saturated rings. The molecule has 0 bridgehead atoms. The van der Waals surface area contributed by atoms with Crippen molar-refractivity contribution in [2.24, 2.45) is 0 Å². The monoisotopic (exact) mass is 378 g/mol. The van der Waals surface area contributed by atoms with Gasteiger partial charge in [0.2, 0.25) is 0 Å². The van der Waals surface area contributed by atoms with Crippen molar-refractivity contribution in [1.29, 1.82) is 0 Å². The highest BCUT2D eigenvalue weighted by molar-refractivity contribution is 5.62. The second-order valence-corrected chi connectivity index (χ2v) is 6.49. The van der Waals surface area contributed by atoms with E-state index in [-0.39, 0.29) is 0 Å². The molecule has 2 N–H and O–H groups in total. The van der Waals surface area contributed by atoms with Gasteiger partial charge in [0.25, 0.3) is 0 Å². The van der Waals surface area contributed by atoms with Crippen LogP contribution in [0.1, 0.15) is 17.0 Å². The smallest absolute Gasteiger partial charge is 0.160 e. The lowest BCUT2D eigenvalue weighted by Gasteiger charge is -2.12. The Labute approximate surface area is 166 Å². The molecule has 0 saturated carbocycles. The Morgan fingerprint density at radius 3 is 2.36 bits per heavy atom. The van der Waals surface area contributed by atoms with Crippen molar-refractivity contribution in [2.75, 3.05) is 31.4 Å². The molecule has 0 atom stereocenters. The minimum Gasteiger partial charge on any atom is -0.493 e.